The summed E-state index contributed by atoms with van der Waals surface area (Å²) in [5, 5.41) is 21.6. The second kappa shape index (κ2) is 7.65. The molecule has 0 bridgehead atoms. The highest BCUT2D eigenvalue weighted by Gasteiger charge is 2.44. The summed E-state index contributed by atoms with van der Waals surface area (Å²) in [4.78, 5) is 37.4. The predicted octanol–water partition coefficient (Wildman–Crippen LogP) is 2.72. The molecule has 0 radical (unpaired) electrons. The highest BCUT2D eigenvalue weighted by atomic mass is 16.6. The molecule has 2 aromatic rings. The van der Waals surface area contributed by atoms with E-state index in [0.717, 1.165) is 0 Å². The molecule has 9 nitrogen and oxygen atoms in total. The average Bonchev–Trinajstić information content (AvgIpc) is 3.22. The fourth-order valence-electron chi connectivity index (χ4n) is 3.15. The zero-order valence-corrected chi connectivity index (χ0v) is 15.2. The molecule has 3 rings (SSSR count). The second-order valence-electron chi connectivity index (χ2n) is 6.25. The largest absolute Gasteiger partial charge is 0.503 e. The Morgan fingerprint density at radius 2 is 2.11 bits per heavy atom. The number of furan rings is 1. The summed E-state index contributed by atoms with van der Waals surface area (Å²) in [5.74, 6) is -1.64. The van der Waals surface area contributed by atoms with Crippen LogP contribution in [0.25, 0.3) is 0 Å². The predicted molar refractivity (Wildman–Crippen MR) is 96.9 cm³/mol. The van der Waals surface area contributed by atoms with Crippen molar-refractivity contribution in [2.75, 3.05) is 20.3 Å². The van der Waals surface area contributed by atoms with Crippen LogP contribution in [0.3, 0.4) is 0 Å². The van der Waals surface area contributed by atoms with Gasteiger partial charge in [-0.1, -0.05) is 12.1 Å². The lowest BCUT2D eigenvalue weighted by molar-refractivity contribution is -0.384. The van der Waals surface area contributed by atoms with E-state index in [9.17, 15) is 24.8 Å². The number of hydrogen-bond acceptors (Lipinski definition) is 7. The monoisotopic (exact) mass is 386 g/mol. The first kappa shape index (κ1) is 19.3. The third-order valence-corrected chi connectivity index (χ3v) is 4.45. The van der Waals surface area contributed by atoms with E-state index in [0.29, 0.717) is 11.3 Å². The maximum absolute atomic E-state index is 13.0. The molecule has 146 valence electrons. The van der Waals surface area contributed by atoms with Gasteiger partial charge in [-0.05, 0) is 24.6 Å². The van der Waals surface area contributed by atoms with E-state index in [-0.39, 0.29) is 30.2 Å². The van der Waals surface area contributed by atoms with Gasteiger partial charge in [-0.25, -0.2) is 0 Å². The van der Waals surface area contributed by atoms with E-state index < -0.39 is 28.4 Å². The number of methoxy groups -OCH3 is 1. The topological polar surface area (TPSA) is 123 Å². The van der Waals surface area contributed by atoms with Crippen LogP contribution in [-0.4, -0.2) is 46.9 Å². The van der Waals surface area contributed by atoms with E-state index in [1.807, 2.05) is 0 Å². The molecule has 1 aromatic heterocycles. The lowest BCUT2D eigenvalue weighted by Crippen LogP contribution is -2.34. The van der Waals surface area contributed by atoms with Crippen molar-refractivity contribution >= 4 is 17.4 Å². The second-order valence-corrected chi connectivity index (χ2v) is 6.25. The van der Waals surface area contributed by atoms with Crippen LogP contribution in [0.15, 0.2) is 52.1 Å². The van der Waals surface area contributed by atoms with Gasteiger partial charge in [0.2, 0.25) is 5.78 Å². The highest BCUT2D eigenvalue weighted by molar-refractivity contribution is 6.15. The number of amides is 1. The Morgan fingerprint density at radius 3 is 2.71 bits per heavy atom. The van der Waals surface area contributed by atoms with E-state index in [4.69, 9.17) is 9.15 Å². The van der Waals surface area contributed by atoms with Crippen LogP contribution in [-0.2, 0) is 9.53 Å². The molecule has 1 amide bonds. The zero-order chi connectivity index (χ0) is 20.4. The summed E-state index contributed by atoms with van der Waals surface area (Å²) < 4.78 is 10.4. The standard InChI is InChI=1S/C19H18N2O7/c1-11-6-7-14(28-11)17(22)15-16(12-4-3-5-13(10-12)21(25)26)20(8-9-27-2)19(24)18(15)23/h3-7,10,16,23H,8-9H2,1-2H3/t16-/m0/s1. The number of hydrogen-bond donors (Lipinski definition) is 1. The van der Waals surface area contributed by atoms with Crippen LogP contribution in [0.5, 0.6) is 0 Å². The molecular formula is C19H18N2O7. The third kappa shape index (κ3) is 3.39. The number of ketones is 1. The number of nitro groups is 1. The smallest absolute Gasteiger partial charge is 0.290 e. The van der Waals surface area contributed by atoms with Gasteiger partial charge >= 0.3 is 0 Å². The Kier molecular flexibility index (Phi) is 5.27. The minimum Gasteiger partial charge on any atom is -0.503 e. The summed E-state index contributed by atoms with van der Waals surface area (Å²) in [6.07, 6.45) is 0. The van der Waals surface area contributed by atoms with Crippen molar-refractivity contribution in [1.29, 1.82) is 0 Å². The molecule has 28 heavy (non-hydrogen) atoms. The first-order chi connectivity index (χ1) is 13.3. The average molecular weight is 386 g/mol. The number of aliphatic hydroxyl groups excluding tert-OH is 1. The molecule has 1 aromatic carbocycles. The lowest BCUT2D eigenvalue weighted by atomic mass is 9.95. The zero-order valence-electron chi connectivity index (χ0n) is 15.2. The van der Waals surface area contributed by atoms with Gasteiger partial charge in [0.25, 0.3) is 11.6 Å². The van der Waals surface area contributed by atoms with Crippen LogP contribution >= 0.6 is 0 Å². The molecule has 9 heteroatoms. The van der Waals surface area contributed by atoms with Crippen molar-refractivity contribution in [2.45, 2.75) is 13.0 Å². The molecule has 0 spiro atoms. The molecule has 1 aliphatic rings. The minimum absolute atomic E-state index is 0.0316. The van der Waals surface area contributed by atoms with Crippen LogP contribution in [0, 0.1) is 17.0 Å². The number of aryl methyl sites for hydroxylation is 1. The molecule has 2 heterocycles. The van der Waals surface area contributed by atoms with Gasteiger partial charge in [-0.2, -0.15) is 0 Å². The number of aliphatic hydroxyl groups is 1. The molecule has 1 aliphatic heterocycles. The fourth-order valence-corrected chi connectivity index (χ4v) is 3.15. The molecule has 0 saturated carbocycles. The Bertz CT molecular complexity index is 976. The van der Waals surface area contributed by atoms with Gasteiger partial charge < -0.3 is 19.2 Å². The number of non-ortho nitro benzene ring substituents is 1. The minimum atomic E-state index is -1.000. The maximum atomic E-state index is 13.0. The molecule has 0 aliphatic carbocycles. The van der Waals surface area contributed by atoms with Crippen molar-refractivity contribution in [2.24, 2.45) is 0 Å². The quantitative estimate of drug-likeness (QED) is 0.441. The van der Waals surface area contributed by atoms with Crippen molar-refractivity contribution in [3.05, 3.63) is 74.9 Å². The van der Waals surface area contributed by atoms with E-state index in [2.05, 4.69) is 0 Å². The number of carbonyl (C=O) groups is 2. The number of rotatable bonds is 7. The first-order valence-corrected chi connectivity index (χ1v) is 8.43. The molecule has 0 unspecified atom stereocenters. The van der Waals surface area contributed by atoms with Crippen molar-refractivity contribution < 1.29 is 28.8 Å². The SMILES string of the molecule is COCCN1C(=O)C(O)=C(C(=O)c2ccc(C)o2)[C@@H]1c1cccc([N+](=O)[O-])c1. The van der Waals surface area contributed by atoms with Crippen molar-refractivity contribution in [1.82, 2.24) is 4.90 Å². The van der Waals surface area contributed by atoms with Gasteiger partial charge in [0.1, 0.15) is 5.76 Å². The summed E-state index contributed by atoms with van der Waals surface area (Å²) in [7, 11) is 1.45. The number of Topliss-reactive ketones (excluding diaryl/α,β-unsaturated/α-hetero) is 1. The Hall–Kier alpha value is -3.46. The van der Waals surface area contributed by atoms with E-state index >= 15 is 0 Å². The Labute approximate surface area is 160 Å². The summed E-state index contributed by atoms with van der Waals surface area (Å²) in [5.41, 5.74) is -0.0473. The van der Waals surface area contributed by atoms with Gasteiger partial charge in [0.05, 0.1) is 23.1 Å². The molecule has 1 N–H and O–H groups in total. The van der Waals surface area contributed by atoms with Crippen molar-refractivity contribution in [3.8, 4) is 0 Å². The van der Waals surface area contributed by atoms with Crippen LogP contribution < -0.4 is 0 Å². The Morgan fingerprint density at radius 1 is 1.36 bits per heavy atom. The normalized spacial score (nSPS) is 16.7. The van der Waals surface area contributed by atoms with Gasteiger partial charge in [0, 0.05) is 25.8 Å². The highest BCUT2D eigenvalue weighted by Crippen LogP contribution is 2.39. The first-order valence-electron chi connectivity index (χ1n) is 8.43. The number of carbonyl (C=O) groups excluding carboxylic acids is 2. The van der Waals surface area contributed by atoms with Crippen LogP contribution in [0.1, 0.15) is 27.9 Å². The maximum Gasteiger partial charge on any atom is 0.290 e. The number of ether oxygens (including phenoxy) is 1. The molecule has 1 atom stereocenters. The van der Waals surface area contributed by atoms with E-state index in [1.165, 1.54) is 36.3 Å². The lowest BCUT2D eigenvalue weighted by Gasteiger charge is -2.26. The van der Waals surface area contributed by atoms with Gasteiger partial charge in [0.15, 0.2) is 11.5 Å². The Balaban J connectivity index is 2.11. The van der Waals surface area contributed by atoms with Crippen LogP contribution in [0.2, 0.25) is 0 Å². The van der Waals surface area contributed by atoms with E-state index in [1.54, 1.807) is 19.1 Å². The fraction of sp³-hybridized carbons (Fsp3) is 0.263. The third-order valence-electron chi connectivity index (χ3n) is 4.45. The molecule has 0 saturated heterocycles. The number of nitro benzene ring substituents is 1. The van der Waals surface area contributed by atoms with Gasteiger partial charge in [-0.3, -0.25) is 19.7 Å². The number of benzene rings is 1. The summed E-state index contributed by atoms with van der Waals surface area (Å²) >= 11 is 0. The van der Waals surface area contributed by atoms with Gasteiger partial charge in [-0.15, -0.1) is 0 Å². The van der Waals surface area contributed by atoms with Crippen molar-refractivity contribution in [3.63, 3.8) is 0 Å². The molecular weight excluding hydrogens is 368 g/mol. The van der Waals surface area contributed by atoms with Crippen LogP contribution in [0.4, 0.5) is 5.69 Å². The number of nitrogens with zero attached hydrogens (tertiary/aromatic N) is 2. The summed E-state index contributed by atoms with van der Waals surface area (Å²) in [6, 6.07) is 7.64. The summed E-state index contributed by atoms with van der Waals surface area (Å²) in [6.45, 7) is 1.90. The molecule has 0 fully saturated rings.